The number of carbonyl (C=O) groups excluding carboxylic acids is 2. The third kappa shape index (κ3) is 7.04. The number of ether oxygens (including phenoxy) is 1. The highest BCUT2D eigenvalue weighted by molar-refractivity contribution is 6.46. The molecule has 0 bridgehead atoms. The maximum Gasteiger partial charge on any atom is 0.295 e. The lowest BCUT2D eigenvalue weighted by molar-refractivity contribution is -0.140. The van der Waals surface area contributed by atoms with Gasteiger partial charge in [-0.05, 0) is 80.2 Å². The van der Waals surface area contributed by atoms with Gasteiger partial charge in [-0.15, -0.1) is 0 Å². The van der Waals surface area contributed by atoms with Crippen LogP contribution in [0.5, 0.6) is 5.75 Å². The van der Waals surface area contributed by atoms with Crippen LogP contribution in [0.1, 0.15) is 88.4 Å². The van der Waals surface area contributed by atoms with Crippen LogP contribution in [0.25, 0.3) is 5.76 Å². The molecule has 3 rings (SSSR count). The summed E-state index contributed by atoms with van der Waals surface area (Å²) in [5, 5.41) is 11.3. The SMILES string of the molecule is CCCCN(CCCC)CCCN1C(=O)C(=O)C(=C(O)c2ccc(OC)cc2)[C@H]1c1ccc(C(C)C)cc1. The molecule has 1 aliphatic rings. The van der Waals surface area contributed by atoms with Crippen molar-refractivity contribution < 1.29 is 19.4 Å². The molecule has 0 radical (unpaired) electrons. The molecule has 0 saturated carbocycles. The standard InChI is InChI=1S/C32H44N2O4/c1-6-8-19-33(20-9-7-2)21-10-22-34-29(25-13-11-24(12-14-25)23(3)4)28(31(36)32(34)37)30(35)26-15-17-27(38-5)18-16-26/h11-18,23,29,35H,6-10,19-22H2,1-5H3/t29-/m1/s1. The molecule has 2 aromatic rings. The van der Waals surface area contributed by atoms with Crippen molar-refractivity contribution in [3.8, 4) is 5.75 Å². The first-order valence-corrected chi connectivity index (χ1v) is 14.1. The molecule has 206 valence electrons. The van der Waals surface area contributed by atoms with E-state index in [1.807, 2.05) is 24.3 Å². The fraction of sp³-hybridized carbons (Fsp3) is 0.500. The Morgan fingerprint density at radius 2 is 1.50 bits per heavy atom. The normalized spacial score (nSPS) is 17.1. The van der Waals surface area contributed by atoms with Crippen LogP contribution < -0.4 is 4.74 Å². The molecule has 6 heteroatoms. The van der Waals surface area contributed by atoms with Gasteiger partial charge in [0.25, 0.3) is 11.7 Å². The second-order valence-electron chi connectivity index (χ2n) is 10.4. The van der Waals surface area contributed by atoms with Crippen LogP contribution in [0.2, 0.25) is 0 Å². The van der Waals surface area contributed by atoms with Crippen LogP contribution in [0.4, 0.5) is 0 Å². The van der Waals surface area contributed by atoms with Gasteiger partial charge in [0.2, 0.25) is 0 Å². The average Bonchev–Trinajstić information content (AvgIpc) is 3.18. The van der Waals surface area contributed by atoms with Gasteiger partial charge in [-0.1, -0.05) is 64.8 Å². The van der Waals surface area contributed by atoms with Crippen LogP contribution in [0.3, 0.4) is 0 Å². The predicted molar refractivity (Wildman–Crippen MR) is 153 cm³/mol. The first-order valence-electron chi connectivity index (χ1n) is 14.1. The minimum absolute atomic E-state index is 0.145. The maximum absolute atomic E-state index is 13.3. The van der Waals surface area contributed by atoms with Crippen molar-refractivity contribution in [2.45, 2.75) is 71.8 Å². The third-order valence-electron chi connectivity index (χ3n) is 7.35. The number of aliphatic hydroxyl groups is 1. The lowest BCUT2D eigenvalue weighted by Crippen LogP contribution is -2.34. The summed E-state index contributed by atoms with van der Waals surface area (Å²) in [6.45, 7) is 12.1. The molecule has 1 N–H and O–H groups in total. The fourth-order valence-electron chi connectivity index (χ4n) is 4.99. The van der Waals surface area contributed by atoms with Crippen LogP contribution >= 0.6 is 0 Å². The molecule has 1 amide bonds. The minimum atomic E-state index is -0.634. The third-order valence-corrected chi connectivity index (χ3v) is 7.35. The summed E-state index contributed by atoms with van der Waals surface area (Å²) >= 11 is 0. The molecule has 0 unspecified atom stereocenters. The molecular formula is C32H44N2O4. The zero-order valence-electron chi connectivity index (χ0n) is 23.7. The van der Waals surface area contributed by atoms with E-state index in [0.717, 1.165) is 57.3 Å². The Labute approximate surface area is 228 Å². The van der Waals surface area contributed by atoms with E-state index < -0.39 is 17.7 Å². The van der Waals surface area contributed by atoms with Gasteiger partial charge in [0.05, 0.1) is 18.7 Å². The highest BCUT2D eigenvalue weighted by atomic mass is 16.5. The smallest absolute Gasteiger partial charge is 0.295 e. The Morgan fingerprint density at radius 3 is 2.03 bits per heavy atom. The van der Waals surface area contributed by atoms with Gasteiger partial charge in [-0.25, -0.2) is 0 Å². The van der Waals surface area contributed by atoms with Gasteiger partial charge in [-0.3, -0.25) is 9.59 Å². The first kappa shape index (κ1) is 29.4. The molecular weight excluding hydrogens is 476 g/mol. The second kappa shape index (κ2) is 14.1. The number of nitrogens with zero attached hydrogens (tertiary/aromatic N) is 2. The molecule has 1 fully saturated rings. The van der Waals surface area contributed by atoms with Crippen molar-refractivity contribution in [3.63, 3.8) is 0 Å². The quantitative estimate of drug-likeness (QED) is 0.174. The summed E-state index contributed by atoms with van der Waals surface area (Å²) in [6.07, 6.45) is 5.37. The van der Waals surface area contributed by atoms with Gasteiger partial charge in [-0.2, -0.15) is 0 Å². The van der Waals surface area contributed by atoms with Gasteiger partial charge < -0.3 is 19.6 Å². The molecule has 0 aromatic heterocycles. The lowest BCUT2D eigenvalue weighted by atomic mass is 9.93. The van der Waals surface area contributed by atoms with E-state index in [-0.39, 0.29) is 11.3 Å². The molecule has 0 aliphatic carbocycles. The Morgan fingerprint density at radius 1 is 0.921 bits per heavy atom. The van der Waals surface area contributed by atoms with Gasteiger partial charge in [0.15, 0.2) is 0 Å². The molecule has 6 nitrogen and oxygen atoms in total. The molecule has 1 aliphatic heterocycles. The number of amides is 1. The number of hydrogen-bond acceptors (Lipinski definition) is 5. The van der Waals surface area contributed by atoms with Crippen molar-refractivity contribution in [3.05, 3.63) is 70.8 Å². The van der Waals surface area contributed by atoms with Crippen LogP contribution in [-0.2, 0) is 9.59 Å². The number of Topliss-reactive ketones (excluding diaryl/α,β-unsaturated/α-hetero) is 1. The number of hydrogen-bond donors (Lipinski definition) is 1. The maximum atomic E-state index is 13.3. The van der Waals surface area contributed by atoms with Crippen molar-refractivity contribution in [1.82, 2.24) is 9.80 Å². The molecule has 1 heterocycles. The second-order valence-corrected chi connectivity index (χ2v) is 10.4. The van der Waals surface area contributed by atoms with E-state index in [1.54, 1.807) is 36.3 Å². The zero-order chi connectivity index (χ0) is 27.7. The van der Waals surface area contributed by atoms with E-state index >= 15 is 0 Å². The zero-order valence-corrected chi connectivity index (χ0v) is 23.7. The summed E-state index contributed by atoms with van der Waals surface area (Å²) in [5.74, 6) is -0.318. The Kier molecular flexibility index (Phi) is 11.0. The van der Waals surface area contributed by atoms with Crippen molar-refractivity contribution in [2.75, 3.05) is 33.3 Å². The predicted octanol–water partition coefficient (Wildman–Crippen LogP) is 6.53. The van der Waals surface area contributed by atoms with E-state index in [4.69, 9.17) is 4.74 Å². The summed E-state index contributed by atoms with van der Waals surface area (Å²) in [4.78, 5) is 30.8. The Hall–Kier alpha value is -3.12. The minimum Gasteiger partial charge on any atom is -0.507 e. The topological polar surface area (TPSA) is 70.1 Å². The molecule has 1 atom stereocenters. The first-order chi connectivity index (χ1) is 18.3. The largest absolute Gasteiger partial charge is 0.507 e. The van der Waals surface area contributed by atoms with Gasteiger partial charge >= 0.3 is 0 Å². The number of likely N-dealkylation sites (tertiary alicyclic amines) is 1. The van der Waals surface area contributed by atoms with Crippen LogP contribution in [0.15, 0.2) is 54.1 Å². The van der Waals surface area contributed by atoms with Gasteiger partial charge in [0, 0.05) is 12.1 Å². The summed E-state index contributed by atoms with van der Waals surface area (Å²) in [5.41, 5.74) is 2.64. The van der Waals surface area contributed by atoms with Gasteiger partial charge in [0.1, 0.15) is 11.5 Å². The van der Waals surface area contributed by atoms with Crippen molar-refractivity contribution in [1.29, 1.82) is 0 Å². The average molecular weight is 521 g/mol. The van der Waals surface area contributed by atoms with Crippen molar-refractivity contribution in [2.24, 2.45) is 0 Å². The number of ketones is 1. The van der Waals surface area contributed by atoms with E-state index in [9.17, 15) is 14.7 Å². The number of rotatable bonds is 14. The summed E-state index contributed by atoms with van der Waals surface area (Å²) in [7, 11) is 1.58. The molecule has 2 aromatic carbocycles. The highest BCUT2D eigenvalue weighted by Gasteiger charge is 2.45. The Balaban J connectivity index is 1.94. The van der Waals surface area contributed by atoms with Crippen LogP contribution in [-0.4, -0.2) is 59.9 Å². The number of aliphatic hydroxyl groups excluding tert-OH is 1. The highest BCUT2D eigenvalue weighted by Crippen LogP contribution is 2.40. The van der Waals surface area contributed by atoms with E-state index in [2.05, 4.69) is 32.6 Å². The summed E-state index contributed by atoms with van der Waals surface area (Å²) < 4.78 is 5.23. The number of carbonyl (C=O) groups is 2. The van der Waals surface area contributed by atoms with E-state index in [0.29, 0.717) is 23.8 Å². The number of benzene rings is 2. The van der Waals surface area contributed by atoms with E-state index in [1.165, 1.54) is 5.56 Å². The molecule has 0 spiro atoms. The molecule has 38 heavy (non-hydrogen) atoms. The number of methoxy groups -OCH3 is 1. The van der Waals surface area contributed by atoms with Crippen molar-refractivity contribution >= 4 is 17.4 Å². The fourth-order valence-corrected chi connectivity index (χ4v) is 4.99. The lowest BCUT2D eigenvalue weighted by Gasteiger charge is -2.27. The number of unbranched alkanes of at least 4 members (excludes halogenated alkanes) is 2. The Bertz CT molecular complexity index is 1080. The monoisotopic (exact) mass is 520 g/mol. The van der Waals surface area contributed by atoms with Crippen LogP contribution in [0, 0.1) is 0 Å². The summed E-state index contributed by atoms with van der Waals surface area (Å²) in [6, 6.07) is 14.3. The molecule has 1 saturated heterocycles.